The predicted molar refractivity (Wildman–Crippen MR) is 122 cm³/mol. The van der Waals surface area contributed by atoms with Crippen molar-refractivity contribution in [3.05, 3.63) is 95.1 Å². The molecule has 0 bridgehead atoms. The van der Waals surface area contributed by atoms with Gasteiger partial charge in [-0.15, -0.1) is 10.2 Å². The number of allylic oxidation sites excluding steroid dienone is 2. The van der Waals surface area contributed by atoms with E-state index in [1.165, 1.54) is 18.2 Å². The quantitative estimate of drug-likeness (QED) is 0.323. The number of carbonyl (C=O) groups is 1. The summed E-state index contributed by atoms with van der Waals surface area (Å²) in [5, 5.41) is 18.4. The fourth-order valence-electron chi connectivity index (χ4n) is 3.43. The minimum atomic E-state index is -3.86. The van der Waals surface area contributed by atoms with Gasteiger partial charge in [-0.25, -0.2) is 8.42 Å². The zero-order chi connectivity index (χ0) is 22.7. The van der Waals surface area contributed by atoms with Crippen LogP contribution in [0, 0.1) is 6.92 Å². The van der Waals surface area contributed by atoms with Gasteiger partial charge in [0.05, 0.1) is 10.6 Å². The van der Waals surface area contributed by atoms with Crippen LogP contribution in [0.1, 0.15) is 27.0 Å². The van der Waals surface area contributed by atoms with Crippen molar-refractivity contribution in [2.45, 2.75) is 24.7 Å². The van der Waals surface area contributed by atoms with Crippen molar-refractivity contribution in [2.75, 3.05) is 4.72 Å². The van der Waals surface area contributed by atoms with Crippen LogP contribution in [0.3, 0.4) is 0 Å². The number of phenolic OH excluding ortho intramolecular Hbond substituents is 1. The highest BCUT2D eigenvalue weighted by Crippen LogP contribution is 2.41. The molecule has 3 aromatic carbocycles. The van der Waals surface area contributed by atoms with Gasteiger partial charge in [-0.2, -0.15) is 0 Å². The molecule has 4 rings (SSSR count). The van der Waals surface area contributed by atoms with Crippen molar-refractivity contribution in [3.63, 3.8) is 0 Å². The minimum absolute atomic E-state index is 0.0185. The molecule has 3 aromatic rings. The molecule has 1 aliphatic rings. The summed E-state index contributed by atoms with van der Waals surface area (Å²) in [6.07, 6.45) is 4.66. The molecule has 162 valence electrons. The molecular weight excluding hydrogens is 426 g/mol. The van der Waals surface area contributed by atoms with E-state index >= 15 is 0 Å². The first-order valence-electron chi connectivity index (χ1n) is 9.98. The fourth-order valence-corrected chi connectivity index (χ4v) is 4.52. The summed E-state index contributed by atoms with van der Waals surface area (Å²) in [4.78, 5) is 12.4. The summed E-state index contributed by atoms with van der Waals surface area (Å²) in [5.74, 6) is -0.684. The third-order valence-corrected chi connectivity index (χ3v) is 6.54. The van der Waals surface area contributed by atoms with Crippen LogP contribution < -0.4 is 4.72 Å². The molecule has 0 radical (unpaired) electrons. The summed E-state index contributed by atoms with van der Waals surface area (Å²) in [6.45, 7) is 1.88. The number of sulfonamides is 1. The molecule has 0 aromatic heterocycles. The Morgan fingerprint density at radius 2 is 1.62 bits per heavy atom. The SMILES string of the molecule is Cc1ccc(S(=O)(=O)Nc2cc(N=NC(=O)c3ccccc3)c(O)c3c2CC=CC3)cc1. The molecule has 8 heteroatoms. The number of phenols is 1. The Balaban J connectivity index is 1.72. The molecule has 1 amide bonds. The predicted octanol–water partition coefficient (Wildman–Crippen LogP) is 5.08. The van der Waals surface area contributed by atoms with Gasteiger partial charge in [-0.1, -0.05) is 48.0 Å². The van der Waals surface area contributed by atoms with E-state index in [2.05, 4.69) is 15.0 Å². The van der Waals surface area contributed by atoms with Crippen molar-refractivity contribution in [1.29, 1.82) is 0 Å². The Morgan fingerprint density at radius 1 is 0.969 bits per heavy atom. The maximum Gasteiger partial charge on any atom is 0.295 e. The number of azo groups is 1. The number of amides is 1. The summed E-state index contributed by atoms with van der Waals surface area (Å²) >= 11 is 0. The maximum atomic E-state index is 12.9. The van der Waals surface area contributed by atoms with Crippen LogP contribution in [-0.2, 0) is 22.9 Å². The second-order valence-corrected chi connectivity index (χ2v) is 9.10. The lowest BCUT2D eigenvalue weighted by Gasteiger charge is -2.20. The van der Waals surface area contributed by atoms with Gasteiger partial charge in [0.15, 0.2) is 0 Å². The number of fused-ring (bicyclic) bond motifs is 1. The Bertz CT molecular complexity index is 1330. The van der Waals surface area contributed by atoms with Gasteiger partial charge in [0.2, 0.25) is 0 Å². The van der Waals surface area contributed by atoms with E-state index in [1.54, 1.807) is 42.5 Å². The number of nitrogens with zero attached hydrogens (tertiary/aromatic N) is 2. The molecule has 2 N–H and O–H groups in total. The average molecular weight is 448 g/mol. The van der Waals surface area contributed by atoms with E-state index in [1.807, 2.05) is 19.1 Å². The van der Waals surface area contributed by atoms with Crippen molar-refractivity contribution >= 4 is 27.3 Å². The van der Waals surface area contributed by atoms with Crippen LogP contribution in [0.4, 0.5) is 11.4 Å². The molecule has 1 aliphatic carbocycles. The Kier molecular flexibility index (Phi) is 5.87. The first-order chi connectivity index (χ1) is 15.3. The van der Waals surface area contributed by atoms with E-state index in [-0.39, 0.29) is 16.3 Å². The first kappa shape index (κ1) is 21.5. The van der Waals surface area contributed by atoms with Gasteiger partial charge in [-0.05, 0) is 55.7 Å². The number of hydrogen-bond acceptors (Lipinski definition) is 5. The van der Waals surface area contributed by atoms with Crippen LogP contribution in [0.25, 0.3) is 0 Å². The number of aromatic hydroxyl groups is 1. The van der Waals surface area contributed by atoms with Crippen LogP contribution in [0.15, 0.2) is 87.9 Å². The van der Waals surface area contributed by atoms with Crippen molar-refractivity contribution < 1.29 is 18.3 Å². The van der Waals surface area contributed by atoms with Gasteiger partial charge in [0.25, 0.3) is 15.9 Å². The number of nitrogens with one attached hydrogen (secondary N) is 1. The van der Waals surface area contributed by atoms with Gasteiger partial charge < -0.3 is 5.11 Å². The Labute approximate surface area is 186 Å². The first-order valence-corrected chi connectivity index (χ1v) is 11.5. The number of carbonyl (C=O) groups excluding carboxylic acids is 1. The summed E-state index contributed by atoms with van der Waals surface area (Å²) < 4.78 is 28.5. The highest BCUT2D eigenvalue weighted by molar-refractivity contribution is 7.92. The molecular formula is C24H21N3O4S. The zero-order valence-electron chi connectivity index (χ0n) is 17.3. The van der Waals surface area contributed by atoms with Gasteiger partial charge in [-0.3, -0.25) is 9.52 Å². The average Bonchev–Trinajstić information content (AvgIpc) is 2.80. The fraction of sp³-hybridized carbons (Fsp3) is 0.125. The van der Waals surface area contributed by atoms with E-state index in [9.17, 15) is 18.3 Å². The lowest BCUT2D eigenvalue weighted by atomic mass is 9.93. The van der Waals surface area contributed by atoms with Crippen molar-refractivity contribution in [3.8, 4) is 5.75 Å². The highest BCUT2D eigenvalue weighted by Gasteiger charge is 2.22. The molecule has 0 heterocycles. The lowest BCUT2D eigenvalue weighted by Crippen LogP contribution is -2.15. The van der Waals surface area contributed by atoms with E-state index in [4.69, 9.17) is 0 Å². The largest absolute Gasteiger partial charge is 0.505 e. The molecule has 0 atom stereocenters. The second kappa shape index (κ2) is 8.76. The Hall–Kier alpha value is -3.78. The molecule has 32 heavy (non-hydrogen) atoms. The number of anilines is 1. The smallest absolute Gasteiger partial charge is 0.295 e. The summed E-state index contributed by atoms with van der Waals surface area (Å²) in [7, 11) is -3.86. The topological polar surface area (TPSA) is 108 Å². The number of aryl methyl sites for hydroxylation is 1. The third-order valence-electron chi connectivity index (χ3n) is 5.15. The number of benzene rings is 3. The molecule has 7 nitrogen and oxygen atoms in total. The lowest BCUT2D eigenvalue weighted by molar-refractivity contribution is 0.0995. The summed E-state index contributed by atoms with van der Waals surface area (Å²) in [5.41, 5.74) is 2.83. The van der Waals surface area contributed by atoms with Gasteiger partial charge >= 0.3 is 0 Å². The van der Waals surface area contributed by atoms with Gasteiger partial charge in [0.1, 0.15) is 11.4 Å². The number of hydrogen-bond donors (Lipinski definition) is 2. The molecule has 0 fully saturated rings. The van der Waals surface area contributed by atoms with Gasteiger partial charge in [0, 0.05) is 11.1 Å². The maximum absolute atomic E-state index is 12.9. The molecule has 0 aliphatic heterocycles. The van der Waals surface area contributed by atoms with Crippen LogP contribution in [0.5, 0.6) is 5.75 Å². The summed E-state index contributed by atoms with van der Waals surface area (Å²) in [6, 6.07) is 16.3. The second-order valence-electron chi connectivity index (χ2n) is 7.42. The Morgan fingerprint density at radius 3 is 2.31 bits per heavy atom. The standard InChI is InChI=1S/C24H21N3O4S/c1-16-11-13-18(14-12-16)32(30,31)27-21-15-22(23(28)20-10-6-5-9-19(20)21)25-26-24(29)17-7-3-2-4-8-17/h2-8,11-15,27-28H,9-10H2,1H3. The van der Waals surface area contributed by atoms with Crippen LogP contribution in [-0.4, -0.2) is 19.4 Å². The van der Waals surface area contributed by atoms with Crippen LogP contribution in [0.2, 0.25) is 0 Å². The van der Waals surface area contributed by atoms with E-state index in [0.717, 1.165) is 5.56 Å². The molecule has 0 unspecified atom stereocenters. The molecule has 0 spiro atoms. The third kappa shape index (κ3) is 4.45. The van der Waals surface area contributed by atoms with Crippen LogP contribution >= 0.6 is 0 Å². The minimum Gasteiger partial charge on any atom is -0.505 e. The van der Waals surface area contributed by atoms with E-state index in [0.29, 0.717) is 35.2 Å². The van der Waals surface area contributed by atoms with E-state index < -0.39 is 15.9 Å². The monoisotopic (exact) mass is 447 g/mol. The van der Waals surface area contributed by atoms with Crippen molar-refractivity contribution in [1.82, 2.24) is 0 Å². The zero-order valence-corrected chi connectivity index (χ0v) is 18.1. The molecule has 0 saturated heterocycles. The number of rotatable bonds is 5. The van der Waals surface area contributed by atoms with Crippen molar-refractivity contribution in [2.24, 2.45) is 10.2 Å². The molecule has 0 saturated carbocycles. The normalized spacial score (nSPS) is 13.2. The highest BCUT2D eigenvalue weighted by atomic mass is 32.2.